The zero-order valence-electron chi connectivity index (χ0n) is 9.59. The summed E-state index contributed by atoms with van der Waals surface area (Å²) in [5.74, 6) is -2.87. The summed E-state index contributed by atoms with van der Waals surface area (Å²) in [6.45, 7) is 0. The second kappa shape index (κ2) is 4.55. The lowest BCUT2D eigenvalue weighted by Crippen LogP contribution is -2.35. The third-order valence-electron chi connectivity index (χ3n) is 2.85. The van der Waals surface area contributed by atoms with Crippen LogP contribution in [0.5, 0.6) is 0 Å². The van der Waals surface area contributed by atoms with Crippen LogP contribution in [0, 0.1) is 0 Å². The van der Waals surface area contributed by atoms with Crippen molar-refractivity contribution in [2.45, 2.75) is 37.0 Å². The first-order valence-electron chi connectivity index (χ1n) is 5.46. The van der Waals surface area contributed by atoms with Gasteiger partial charge in [-0.1, -0.05) is 0 Å². The van der Waals surface area contributed by atoms with Crippen molar-refractivity contribution in [1.82, 2.24) is 9.97 Å². The monoisotopic (exact) mass is 282 g/mol. The highest BCUT2D eigenvalue weighted by atomic mass is 19.4. The van der Waals surface area contributed by atoms with Gasteiger partial charge >= 0.3 is 6.18 Å². The van der Waals surface area contributed by atoms with E-state index in [0.717, 1.165) is 6.20 Å². The van der Waals surface area contributed by atoms with E-state index in [0.29, 0.717) is 6.20 Å². The number of halogens is 5. The molecule has 0 radical (unpaired) electrons. The van der Waals surface area contributed by atoms with E-state index in [9.17, 15) is 22.0 Å². The minimum absolute atomic E-state index is 0.00819. The van der Waals surface area contributed by atoms with Crippen molar-refractivity contribution in [3.63, 3.8) is 0 Å². The van der Waals surface area contributed by atoms with Crippen LogP contribution in [-0.4, -0.2) is 28.0 Å². The zero-order chi connectivity index (χ0) is 14.3. The molecule has 1 saturated carbocycles. The van der Waals surface area contributed by atoms with Crippen molar-refractivity contribution in [2.24, 2.45) is 5.73 Å². The van der Waals surface area contributed by atoms with Gasteiger partial charge in [-0.3, -0.25) is 0 Å². The fourth-order valence-corrected chi connectivity index (χ4v) is 1.94. The first kappa shape index (κ1) is 13.9. The highest BCUT2D eigenvalue weighted by molar-refractivity contribution is 5.34. The molecule has 0 bridgehead atoms. The Hall–Kier alpha value is -1.51. The van der Waals surface area contributed by atoms with Gasteiger partial charge in [-0.15, -0.1) is 0 Å². The predicted octanol–water partition coefficient (Wildman–Crippen LogP) is 2.03. The van der Waals surface area contributed by atoms with Crippen molar-refractivity contribution in [1.29, 1.82) is 0 Å². The van der Waals surface area contributed by atoms with Gasteiger partial charge < -0.3 is 11.1 Å². The number of hydrogen-bond acceptors (Lipinski definition) is 4. The largest absolute Gasteiger partial charge is 0.434 e. The molecule has 0 saturated heterocycles. The standard InChI is InChI=1S/C10H11F5N4/c11-9(12)1-5(16)6(2-9)19-8-4-17-7(3-18-8)10(13,14)15/h3-6H,1-2,16H2,(H,18,19). The van der Waals surface area contributed by atoms with E-state index in [1.165, 1.54) is 0 Å². The van der Waals surface area contributed by atoms with E-state index >= 15 is 0 Å². The number of nitrogens with two attached hydrogens (primary N) is 1. The number of hydrogen-bond donors (Lipinski definition) is 2. The third-order valence-corrected chi connectivity index (χ3v) is 2.85. The van der Waals surface area contributed by atoms with E-state index in [2.05, 4.69) is 15.3 Å². The van der Waals surface area contributed by atoms with Crippen LogP contribution in [0.15, 0.2) is 12.4 Å². The predicted molar refractivity (Wildman–Crippen MR) is 56.6 cm³/mol. The molecule has 0 aromatic carbocycles. The topological polar surface area (TPSA) is 63.8 Å². The first-order chi connectivity index (χ1) is 8.67. The zero-order valence-corrected chi connectivity index (χ0v) is 9.59. The number of aromatic nitrogens is 2. The number of rotatable bonds is 2. The Morgan fingerprint density at radius 1 is 1.21 bits per heavy atom. The van der Waals surface area contributed by atoms with Gasteiger partial charge in [-0.2, -0.15) is 13.2 Å². The van der Waals surface area contributed by atoms with Crippen LogP contribution in [0.1, 0.15) is 18.5 Å². The average Bonchev–Trinajstić information content (AvgIpc) is 2.51. The van der Waals surface area contributed by atoms with E-state index in [-0.39, 0.29) is 5.82 Å². The molecule has 0 aliphatic heterocycles. The SMILES string of the molecule is NC1CC(F)(F)CC1Nc1cnc(C(F)(F)F)cn1. The summed E-state index contributed by atoms with van der Waals surface area (Å²) in [6, 6.07) is -1.51. The lowest BCUT2D eigenvalue weighted by atomic mass is 10.2. The summed E-state index contributed by atoms with van der Waals surface area (Å²) in [5, 5.41) is 2.58. The quantitative estimate of drug-likeness (QED) is 0.815. The van der Waals surface area contributed by atoms with Gasteiger partial charge in [-0.05, 0) is 0 Å². The molecule has 4 nitrogen and oxygen atoms in total. The molecular weight excluding hydrogens is 271 g/mol. The summed E-state index contributed by atoms with van der Waals surface area (Å²) in [4.78, 5) is 6.67. The highest BCUT2D eigenvalue weighted by Gasteiger charge is 2.45. The Balaban J connectivity index is 2.05. The Morgan fingerprint density at radius 2 is 1.89 bits per heavy atom. The maximum absolute atomic E-state index is 13.1. The van der Waals surface area contributed by atoms with Crippen LogP contribution < -0.4 is 11.1 Å². The number of nitrogens with zero attached hydrogens (tertiary/aromatic N) is 2. The van der Waals surface area contributed by atoms with Crippen molar-refractivity contribution in [3.05, 3.63) is 18.1 Å². The lowest BCUT2D eigenvalue weighted by Gasteiger charge is -2.17. The van der Waals surface area contributed by atoms with Crippen molar-refractivity contribution in [3.8, 4) is 0 Å². The van der Waals surface area contributed by atoms with Crippen LogP contribution in [0.2, 0.25) is 0 Å². The Morgan fingerprint density at radius 3 is 2.32 bits per heavy atom. The average molecular weight is 282 g/mol. The van der Waals surface area contributed by atoms with Crippen LogP contribution >= 0.6 is 0 Å². The molecule has 0 amide bonds. The molecule has 0 spiro atoms. The normalized spacial score (nSPS) is 26.4. The number of anilines is 1. The molecular formula is C10H11F5N4. The minimum atomic E-state index is -4.58. The maximum atomic E-state index is 13.1. The van der Waals surface area contributed by atoms with Gasteiger partial charge in [-0.25, -0.2) is 18.7 Å². The van der Waals surface area contributed by atoms with E-state index in [4.69, 9.17) is 5.73 Å². The van der Waals surface area contributed by atoms with Crippen LogP contribution in [0.25, 0.3) is 0 Å². The van der Waals surface area contributed by atoms with Gasteiger partial charge in [0.25, 0.3) is 5.92 Å². The van der Waals surface area contributed by atoms with Crippen LogP contribution in [-0.2, 0) is 6.18 Å². The maximum Gasteiger partial charge on any atom is 0.434 e. The molecule has 1 aromatic rings. The molecule has 2 rings (SSSR count). The van der Waals surface area contributed by atoms with Crippen LogP contribution in [0.4, 0.5) is 27.8 Å². The second-order valence-corrected chi connectivity index (χ2v) is 4.46. The van der Waals surface area contributed by atoms with Crippen molar-refractivity contribution in [2.75, 3.05) is 5.32 Å². The molecule has 9 heteroatoms. The molecule has 1 aliphatic rings. The minimum Gasteiger partial charge on any atom is -0.364 e. The molecule has 1 heterocycles. The Kier molecular flexibility index (Phi) is 3.33. The number of alkyl halides is 5. The Labute approximate surface area is 105 Å². The number of nitrogens with one attached hydrogen (secondary N) is 1. The fraction of sp³-hybridized carbons (Fsp3) is 0.600. The van der Waals surface area contributed by atoms with Gasteiger partial charge in [0.2, 0.25) is 0 Å². The first-order valence-corrected chi connectivity index (χ1v) is 5.46. The summed E-state index contributed by atoms with van der Waals surface area (Å²) < 4.78 is 62.9. The van der Waals surface area contributed by atoms with Gasteiger partial charge in [0.1, 0.15) is 5.82 Å². The molecule has 1 fully saturated rings. The summed E-state index contributed by atoms with van der Waals surface area (Å²) >= 11 is 0. The molecule has 3 N–H and O–H groups in total. The molecule has 19 heavy (non-hydrogen) atoms. The van der Waals surface area contributed by atoms with E-state index in [1.54, 1.807) is 0 Å². The van der Waals surface area contributed by atoms with Gasteiger partial charge in [0.05, 0.1) is 12.4 Å². The van der Waals surface area contributed by atoms with Crippen LogP contribution in [0.3, 0.4) is 0 Å². The second-order valence-electron chi connectivity index (χ2n) is 4.46. The van der Waals surface area contributed by atoms with Crippen molar-refractivity contribution < 1.29 is 22.0 Å². The van der Waals surface area contributed by atoms with Gasteiger partial charge in [0.15, 0.2) is 5.69 Å². The lowest BCUT2D eigenvalue weighted by molar-refractivity contribution is -0.141. The van der Waals surface area contributed by atoms with E-state index < -0.39 is 42.7 Å². The Bertz CT molecular complexity index is 444. The molecule has 1 aliphatic carbocycles. The fourth-order valence-electron chi connectivity index (χ4n) is 1.94. The molecule has 1 aromatic heterocycles. The molecule has 2 atom stereocenters. The molecule has 2 unspecified atom stereocenters. The summed E-state index contributed by atoms with van der Waals surface area (Å²) in [5.41, 5.74) is 4.39. The molecule has 106 valence electrons. The van der Waals surface area contributed by atoms with E-state index in [1.807, 2.05) is 0 Å². The van der Waals surface area contributed by atoms with Gasteiger partial charge in [0, 0.05) is 24.9 Å². The van der Waals surface area contributed by atoms with Crippen molar-refractivity contribution >= 4 is 5.82 Å². The highest BCUT2D eigenvalue weighted by Crippen LogP contribution is 2.35. The summed E-state index contributed by atoms with van der Waals surface area (Å²) in [7, 11) is 0. The summed E-state index contributed by atoms with van der Waals surface area (Å²) in [6.07, 6.45) is -4.12. The smallest absolute Gasteiger partial charge is 0.364 e. The third kappa shape index (κ3) is 3.28.